The second-order valence-corrected chi connectivity index (χ2v) is 10.4. The molecule has 5 rings (SSSR count). The van der Waals surface area contributed by atoms with Crippen molar-refractivity contribution in [1.29, 1.82) is 0 Å². The molecule has 0 bridgehead atoms. The van der Waals surface area contributed by atoms with Crippen LogP contribution < -0.4 is 19.5 Å². The zero-order valence-electron chi connectivity index (χ0n) is 19.6. The molecule has 1 aliphatic heterocycles. The van der Waals surface area contributed by atoms with E-state index in [1.54, 1.807) is 42.5 Å². The molecule has 0 spiro atoms. The van der Waals surface area contributed by atoms with E-state index in [1.165, 1.54) is 7.11 Å². The summed E-state index contributed by atoms with van der Waals surface area (Å²) in [5, 5.41) is 13.6. The number of benzene rings is 3. The Morgan fingerprint density at radius 1 is 1.09 bits per heavy atom. The van der Waals surface area contributed by atoms with Crippen molar-refractivity contribution in [3.8, 4) is 17.2 Å². The summed E-state index contributed by atoms with van der Waals surface area (Å²) in [6, 6.07) is 17.5. The first-order chi connectivity index (χ1) is 16.9. The van der Waals surface area contributed by atoms with Crippen LogP contribution in [0.3, 0.4) is 0 Å². The van der Waals surface area contributed by atoms with E-state index in [-0.39, 0.29) is 28.5 Å². The number of phenolic OH excluding ortho intramolecular Hbond substituents is 1. The van der Waals surface area contributed by atoms with Gasteiger partial charge in [0.15, 0.2) is 11.5 Å². The van der Waals surface area contributed by atoms with E-state index >= 15 is 0 Å². The van der Waals surface area contributed by atoms with Gasteiger partial charge in [0.25, 0.3) is 10.0 Å². The van der Waals surface area contributed by atoms with Gasteiger partial charge in [0, 0.05) is 17.3 Å². The number of phenols is 1. The van der Waals surface area contributed by atoms with Crippen LogP contribution in [0.1, 0.15) is 36.4 Å². The Hall–Kier alpha value is -3.65. The van der Waals surface area contributed by atoms with Crippen molar-refractivity contribution in [3.05, 3.63) is 83.9 Å². The number of anilines is 2. The highest BCUT2D eigenvalue weighted by molar-refractivity contribution is 7.92. The van der Waals surface area contributed by atoms with Gasteiger partial charge >= 0.3 is 0 Å². The molecule has 3 aromatic rings. The molecule has 0 radical (unpaired) electrons. The number of hydrogen-bond donors (Lipinski definition) is 3. The molecule has 3 aromatic carbocycles. The Labute approximate surface area is 205 Å². The van der Waals surface area contributed by atoms with Crippen LogP contribution in [0.25, 0.3) is 0 Å². The molecule has 2 aliphatic rings. The van der Waals surface area contributed by atoms with Crippen LogP contribution in [0.4, 0.5) is 11.4 Å². The van der Waals surface area contributed by atoms with Crippen LogP contribution in [-0.2, 0) is 10.0 Å². The van der Waals surface area contributed by atoms with Gasteiger partial charge in [-0.25, -0.2) is 8.42 Å². The summed E-state index contributed by atoms with van der Waals surface area (Å²) in [7, 11) is -2.23. The average Bonchev–Trinajstić information content (AvgIpc) is 3.35. The smallest absolute Gasteiger partial charge is 0.261 e. The van der Waals surface area contributed by atoms with E-state index in [4.69, 9.17) is 9.47 Å². The van der Waals surface area contributed by atoms with Gasteiger partial charge in [-0.2, -0.15) is 0 Å². The normalized spacial score (nSPS) is 20.5. The molecule has 1 heterocycles. The lowest BCUT2D eigenvalue weighted by Gasteiger charge is -2.37. The van der Waals surface area contributed by atoms with Crippen molar-refractivity contribution < 1.29 is 23.0 Å². The molecule has 0 fully saturated rings. The topological polar surface area (TPSA) is 96.9 Å². The number of allylic oxidation sites excluding steroid dienone is 2. The van der Waals surface area contributed by atoms with Crippen molar-refractivity contribution >= 4 is 21.4 Å². The minimum Gasteiger partial charge on any atom is -0.504 e. The van der Waals surface area contributed by atoms with Gasteiger partial charge in [-0.15, -0.1) is 0 Å². The molecular formula is C27H28N2O5S. The van der Waals surface area contributed by atoms with Crippen molar-refractivity contribution in [2.45, 2.75) is 30.2 Å². The van der Waals surface area contributed by atoms with Crippen molar-refractivity contribution in [3.63, 3.8) is 0 Å². The highest BCUT2D eigenvalue weighted by Gasteiger charge is 2.38. The van der Waals surface area contributed by atoms with Gasteiger partial charge in [-0.05, 0) is 85.0 Å². The summed E-state index contributed by atoms with van der Waals surface area (Å²) >= 11 is 0. The Balaban J connectivity index is 1.44. The number of ether oxygens (including phenoxy) is 2. The molecule has 3 N–H and O–H groups in total. The van der Waals surface area contributed by atoms with Crippen LogP contribution in [0, 0.1) is 5.92 Å². The number of fused-ring (bicyclic) bond motifs is 3. The second-order valence-electron chi connectivity index (χ2n) is 8.72. The maximum atomic E-state index is 13.2. The zero-order chi connectivity index (χ0) is 24.6. The predicted molar refractivity (Wildman–Crippen MR) is 136 cm³/mol. The van der Waals surface area contributed by atoms with Gasteiger partial charge < -0.3 is 19.9 Å². The highest BCUT2D eigenvalue weighted by Crippen LogP contribution is 2.50. The summed E-state index contributed by atoms with van der Waals surface area (Å²) in [6.07, 6.45) is 5.17. The first-order valence-corrected chi connectivity index (χ1v) is 13.1. The lowest BCUT2D eigenvalue weighted by atomic mass is 9.77. The largest absolute Gasteiger partial charge is 0.504 e. The summed E-state index contributed by atoms with van der Waals surface area (Å²) in [4.78, 5) is 0.218. The molecule has 3 unspecified atom stereocenters. The van der Waals surface area contributed by atoms with E-state index in [1.807, 2.05) is 25.1 Å². The molecule has 182 valence electrons. The molecule has 3 atom stereocenters. The minimum atomic E-state index is -3.77. The van der Waals surface area contributed by atoms with Crippen LogP contribution in [-0.4, -0.2) is 27.2 Å². The molecule has 0 amide bonds. The minimum absolute atomic E-state index is 0.00133. The third-order valence-electron chi connectivity index (χ3n) is 6.62. The van der Waals surface area contributed by atoms with Crippen LogP contribution in [0.2, 0.25) is 0 Å². The number of hydrogen-bond acceptors (Lipinski definition) is 6. The lowest BCUT2D eigenvalue weighted by molar-refractivity contribution is 0.340. The van der Waals surface area contributed by atoms with Crippen LogP contribution in [0.5, 0.6) is 17.2 Å². The van der Waals surface area contributed by atoms with Gasteiger partial charge in [0.2, 0.25) is 0 Å². The Bertz CT molecular complexity index is 1370. The fourth-order valence-electron chi connectivity index (χ4n) is 4.96. The fraction of sp³-hybridized carbons (Fsp3) is 0.259. The standard InChI is InChI=1S/C27H28N2O5S/c1-3-34-19-10-8-18(9-11-19)29-35(31,32)20-12-13-24-23(16-20)21-5-4-6-22(21)27(28-24)17-7-14-25(30)26(15-17)33-2/h4-5,7-16,21-22,27-30H,3,6H2,1-2H3. The summed E-state index contributed by atoms with van der Waals surface area (Å²) in [6.45, 7) is 2.45. The number of nitrogens with one attached hydrogen (secondary N) is 2. The Morgan fingerprint density at radius 3 is 2.63 bits per heavy atom. The van der Waals surface area contributed by atoms with E-state index in [0.29, 0.717) is 23.8 Å². The number of methoxy groups -OCH3 is 1. The highest BCUT2D eigenvalue weighted by atomic mass is 32.2. The van der Waals surface area contributed by atoms with E-state index < -0.39 is 10.0 Å². The lowest BCUT2D eigenvalue weighted by Crippen LogP contribution is -2.29. The quantitative estimate of drug-likeness (QED) is 0.381. The van der Waals surface area contributed by atoms with Crippen LogP contribution in [0.15, 0.2) is 77.7 Å². The third-order valence-corrected chi connectivity index (χ3v) is 8.00. The molecule has 1 aliphatic carbocycles. The molecule has 0 saturated heterocycles. The average molecular weight is 493 g/mol. The van der Waals surface area contributed by atoms with E-state index in [2.05, 4.69) is 22.2 Å². The molecular weight excluding hydrogens is 464 g/mol. The van der Waals surface area contributed by atoms with Crippen molar-refractivity contribution in [1.82, 2.24) is 0 Å². The van der Waals surface area contributed by atoms with Crippen molar-refractivity contribution in [2.75, 3.05) is 23.8 Å². The molecule has 0 aromatic heterocycles. The van der Waals surface area contributed by atoms with E-state index in [0.717, 1.165) is 23.2 Å². The summed E-state index contributed by atoms with van der Waals surface area (Å²) < 4.78 is 39.7. The van der Waals surface area contributed by atoms with Crippen molar-refractivity contribution in [2.24, 2.45) is 5.92 Å². The van der Waals surface area contributed by atoms with Gasteiger partial charge in [0.1, 0.15) is 5.75 Å². The summed E-state index contributed by atoms with van der Waals surface area (Å²) in [5.41, 5.74) is 3.34. The zero-order valence-corrected chi connectivity index (χ0v) is 20.4. The Morgan fingerprint density at radius 2 is 1.89 bits per heavy atom. The first kappa shape index (κ1) is 23.1. The predicted octanol–water partition coefficient (Wildman–Crippen LogP) is 5.43. The maximum absolute atomic E-state index is 13.2. The second kappa shape index (κ2) is 9.19. The fourth-order valence-corrected chi connectivity index (χ4v) is 6.05. The number of rotatable bonds is 7. The molecule has 7 nitrogen and oxygen atoms in total. The molecule has 35 heavy (non-hydrogen) atoms. The van der Waals surface area contributed by atoms with Gasteiger partial charge in [0.05, 0.1) is 24.7 Å². The van der Waals surface area contributed by atoms with E-state index in [9.17, 15) is 13.5 Å². The molecule has 8 heteroatoms. The third kappa shape index (κ3) is 4.41. The van der Waals surface area contributed by atoms with Crippen LogP contribution >= 0.6 is 0 Å². The van der Waals surface area contributed by atoms with Gasteiger partial charge in [-0.1, -0.05) is 18.2 Å². The number of sulfonamides is 1. The molecule has 0 saturated carbocycles. The monoisotopic (exact) mass is 492 g/mol. The van der Waals surface area contributed by atoms with Gasteiger partial charge in [-0.3, -0.25) is 4.72 Å². The first-order valence-electron chi connectivity index (χ1n) is 11.6. The SMILES string of the molecule is CCOc1ccc(NS(=O)(=O)c2ccc3c(c2)C2C=CCC2C(c2ccc(O)c(OC)c2)N3)cc1. The number of aromatic hydroxyl groups is 1. The summed E-state index contributed by atoms with van der Waals surface area (Å²) in [5.74, 6) is 1.52. The maximum Gasteiger partial charge on any atom is 0.261 e. The Kier molecular flexibility index (Phi) is 6.06.